The molecule has 1 aliphatic rings. The van der Waals surface area contributed by atoms with Gasteiger partial charge in [0.25, 0.3) is 15.9 Å². The summed E-state index contributed by atoms with van der Waals surface area (Å²) in [7, 11) is -3.82. The van der Waals surface area contributed by atoms with Crippen molar-refractivity contribution >= 4 is 32.3 Å². The van der Waals surface area contributed by atoms with Crippen molar-refractivity contribution < 1.29 is 17.9 Å². The molecule has 0 fully saturated rings. The van der Waals surface area contributed by atoms with E-state index >= 15 is 0 Å². The highest BCUT2D eigenvalue weighted by atomic mass is 32.2. The number of hydrogen-bond acceptors (Lipinski definition) is 5. The SMILES string of the molecule is CCOc1ccc(S(=O)(=O)Nc2sc3c(c2C(N)=O)CC[C@H](C)C3)cc1. The third-order valence-corrected chi connectivity index (χ3v) is 7.09. The van der Waals surface area contributed by atoms with Gasteiger partial charge in [0.1, 0.15) is 10.8 Å². The third-order valence-electron chi connectivity index (χ3n) is 4.43. The Morgan fingerprint density at radius 1 is 1.35 bits per heavy atom. The fourth-order valence-corrected chi connectivity index (χ4v) is 5.87. The van der Waals surface area contributed by atoms with Crippen molar-refractivity contribution in [3.8, 4) is 5.75 Å². The zero-order chi connectivity index (χ0) is 18.9. The van der Waals surface area contributed by atoms with Gasteiger partial charge in [-0.1, -0.05) is 6.92 Å². The smallest absolute Gasteiger partial charge is 0.262 e. The number of sulfonamides is 1. The Kier molecular flexibility index (Phi) is 5.24. The van der Waals surface area contributed by atoms with Crippen LogP contribution in [0.5, 0.6) is 5.75 Å². The van der Waals surface area contributed by atoms with E-state index in [1.165, 1.54) is 23.5 Å². The zero-order valence-electron chi connectivity index (χ0n) is 14.7. The largest absolute Gasteiger partial charge is 0.494 e. The molecule has 1 heterocycles. The van der Waals surface area contributed by atoms with Gasteiger partial charge in [0.05, 0.1) is 17.1 Å². The molecular weight excluding hydrogens is 372 g/mol. The highest BCUT2D eigenvalue weighted by Gasteiger charge is 2.28. The number of rotatable bonds is 6. The average Bonchev–Trinajstić information content (AvgIpc) is 2.91. The Balaban J connectivity index is 1.93. The van der Waals surface area contributed by atoms with Crippen molar-refractivity contribution in [3.63, 3.8) is 0 Å². The first-order valence-corrected chi connectivity index (χ1v) is 10.8. The van der Waals surface area contributed by atoms with E-state index < -0.39 is 15.9 Å². The monoisotopic (exact) mass is 394 g/mol. The lowest BCUT2D eigenvalue weighted by atomic mass is 9.88. The second-order valence-electron chi connectivity index (χ2n) is 6.43. The predicted molar refractivity (Wildman–Crippen MR) is 102 cm³/mol. The van der Waals surface area contributed by atoms with Crippen LogP contribution in [-0.4, -0.2) is 20.9 Å². The summed E-state index contributed by atoms with van der Waals surface area (Å²) in [6, 6.07) is 6.17. The summed E-state index contributed by atoms with van der Waals surface area (Å²) in [6.07, 6.45) is 2.55. The lowest BCUT2D eigenvalue weighted by Gasteiger charge is -2.18. The van der Waals surface area contributed by atoms with Crippen molar-refractivity contribution in [2.75, 3.05) is 11.3 Å². The number of amides is 1. The Hall–Kier alpha value is -2.06. The van der Waals surface area contributed by atoms with E-state index in [1.807, 2.05) is 6.92 Å². The van der Waals surface area contributed by atoms with Crippen LogP contribution in [0.3, 0.4) is 0 Å². The molecule has 3 rings (SSSR count). The molecule has 0 radical (unpaired) electrons. The van der Waals surface area contributed by atoms with Crippen LogP contribution in [-0.2, 0) is 22.9 Å². The summed E-state index contributed by atoms with van der Waals surface area (Å²) in [5.74, 6) is 0.517. The molecule has 1 aliphatic carbocycles. The molecule has 140 valence electrons. The van der Waals surface area contributed by atoms with E-state index in [4.69, 9.17) is 10.5 Å². The van der Waals surface area contributed by atoms with Gasteiger partial charge in [-0.3, -0.25) is 9.52 Å². The van der Waals surface area contributed by atoms with Crippen LogP contribution in [0, 0.1) is 5.92 Å². The Bertz CT molecular complexity index is 917. The van der Waals surface area contributed by atoms with Gasteiger partial charge in [-0.15, -0.1) is 11.3 Å². The molecule has 1 amide bonds. The summed E-state index contributed by atoms with van der Waals surface area (Å²) in [6.45, 7) is 4.51. The first-order valence-electron chi connectivity index (χ1n) is 8.51. The molecule has 0 spiro atoms. The number of benzene rings is 1. The Labute approximate surface area is 157 Å². The number of thiophene rings is 1. The van der Waals surface area contributed by atoms with Crippen LogP contribution in [0.15, 0.2) is 29.2 Å². The maximum Gasteiger partial charge on any atom is 0.262 e. The van der Waals surface area contributed by atoms with E-state index in [1.54, 1.807) is 12.1 Å². The number of carbonyl (C=O) groups is 1. The molecule has 6 nitrogen and oxygen atoms in total. The molecule has 1 aromatic heterocycles. The minimum Gasteiger partial charge on any atom is -0.494 e. The van der Waals surface area contributed by atoms with E-state index in [-0.39, 0.29) is 4.90 Å². The van der Waals surface area contributed by atoms with E-state index in [0.29, 0.717) is 28.8 Å². The van der Waals surface area contributed by atoms with Crippen molar-refractivity contribution in [1.82, 2.24) is 0 Å². The number of fused-ring (bicyclic) bond motifs is 1. The average molecular weight is 395 g/mol. The molecule has 1 atom stereocenters. The van der Waals surface area contributed by atoms with E-state index in [0.717, 1.165) is 29.7 Å². The van der Waals surface area contributed by atoms with Crippen LogP contribution in [0.4, 0.5) is 5.00 Å². The van der Waals surface area contributed by atoms with Crippen LogP contribution in [0.1, 0.15) is 41.1 Å². The Morgan fingerprint density at radius 2 is 2.04 bits per heavy atom. The van der Waals surface area contributed by atoms with Crippen LogP contribution >= 0.6 is 11.3 Å². The van der Waals surface area contributed by atoms with Crippen LogP contribution in [0.25, 0.3) is 0 Å². The van der Waals surface area contributed by atoms with Gasteiger partial charge in [-0.25, -0.2) is 8.42 Å². The van der Waals surface area contributed by atoms with E-state index in [2.05, 4.69) is 11.6 Å². The zero-order valence-corrected chi connectivity index (χ0v) is 16.4. The van der Waals surface area contributed by atoms with Crippen molar-refractivity contribution in [1.29, 1.82) is 0 Å². The number of carbonyl (C=O) groups excluding carboxylic acids is 1. The highest BCUT2D eigenvalue weighted by molar-refractivity contribution is 7.93. The molecule has 0 saturated heterocycles. The van der Waals surface area contributed by atoms with Gasteiger partial charge in [-0.2, -0.15) is 0 Å². The lowest BCUT2D eigenvalue weighted by molar-refractivity contribution is 0.100. The normalized spacial score (nSPS) is 16.8. The van der Waals surface area contributed by atoms with Crippen molar-refractivity contribution in [2.45, 2.75) is 38.0 Å². The Morgan fingerprint density at radius 3 is 2.65 bits per heavy atom. The van der Waals surface area contributed by atoms with Gasteiger partial charge in [-0.05, 0) is 61.9 Å². The quantitative estimate of drug-likeness (QED) is 0.786. The van der Waals surface area contributed by atoms with Crippen molar-refractivity contribution in [3.05, 3.63) is 40.3 Å². The molecule has 1 aromatic carbocycles. The topological polar surface area (TPSA) is 98.5 Å². The first kappa shape index (κ1) is 18.7. The second-order valence-corrected chi connectivity index (χ2v) is 9.22. The summed E-state index contributed by atoms with van der Waals surface area (Å²) in [4.78, 5) is 13.1. The molecule has 26 heavy (non-hydrogen) atoms. The fourth-order valence-electron chi connectivity index (χ4n) is 3.15. The number of nitrogens with one attached hydrogen (secondary N) is 1. The van der Waals surface area contributed by atoms with Gasteiger partial charge in [0.15, 0.2) is 0 Å². The number of primary amides is 1. The molecule has 3 N–H and O–H groups in total. The highest BCUT2D eigenvalue weighted by Crippen LogP contribution is 2.40. The summed E-state index contributed by atoms with van der Waals surface area (Å²) < 4.78 is 33.3. The molecule has 2 aromatic rings. The summed E-state index contributed by atoms with van der Waals surface area (Å²) in [5, 5.41) is 0.311. The van der Waals surface area contributed by atoms with Gasteiger partial charge in [0, 0.05) is 4.88 Å². The molecular formula is C18H22N2O4S2. The molecule has 0 bridgehead atoms. The molecule has 8 heteroatoms. The number of nitrogens with two attached hydrogens (primary N) is 1. The first-order chi connectivity index (χ1) is 12.3. The predicted octanol–water partition coefficient (Wildman–Crippen LogP) is 3.17. The van der Waals surface area contributed by atoms with Crippen LogP contribution in [0.2, 0.25) is 0 Å². The van der Waals surface area contributed by atoms with Gasteiger partial charge >= 0.3 is 0 Å². The molecule has 0 saturated carbocycles. The minimum absolute atomic E-state index is 0.108. The lowest BCUT2D eigenvalue weighted by Crippen LogP contribution is -2.19. The maximum atomic E-state index is 12.7. The number of anilines is 1. The summed E-state index contributed by atoms with van der Waals surface area (Å²) in [5.41, 5.74) is 6.75. The minimum atomic E-state index is -3.82. The third kappa shape index (κ3) is 3.71. The molecule has 0 unspecified atom stereocenters. The van der Waals surface area contributed by atoms with Crippen LogP contribution < -0.4 is 15.2 Å². The number of ether oxygens (including phenoxy) is 1. The number of hydrogen-bond donors (Lipinski definition) is 2. The fraction of sp³-hybridized carbons (Fsp3) is 0.389. The second kappa shape index (κ2) is 7.28. The summed E-state index contributed by atoms with van der Waals surface area (Å²) >= 11 is 1.31. The van der Waals surface area contributed by atoms with E-state index in [9.17, 15) is 13.2 Å². The molecule has 0 aliphatic heterocycles. The van der Waals surface area contributed by atoms with Crippen molar-refractivity contribution in [2.24, 2.45) is 11.7 Å². The van der Waals surface area contributed by atoms with Gasteiger partial charge in [0.2, 0.25) is 0 Å². The van der Waals surface area contributed by atoms with Gasteiger partial charge < -0.3 is 10.5 Å². The maximum absolute atomic E-state index is 12.7. The standard InChI is InChI=1S/C18H22N2O4S2/c1-3-24-12-5-7-13(8-6-12)26(22,23)20-18-16(17(19)21)14-9-4-11(2)10-15(14)25-18/h5-8,11,20H,3-4,9-10H2,1-2H3,(H2,19,21)/t11-/m0/s1.